The van der Waals surface area contributed by atoms with Gasteiger partial charge in [0.05, 0.1) is 29.1 Å². The molecule has 1 aliphatic heterocycles. The molecule has 2 aromatic carbocycles. The van der Waals surface area contributed by atoms with Crippen molar-refractivity contribution in [2.24, 2.45) is 5.92 Å². The van der Waals surface area contributed by atoms with Gasteiger partial charge in [0.25, 0.3) is 0 Å². The van der Waals surface area contributed by atoms with Crippen LogP contribution < -0.4 is 10.6 Å². The van der Waals surface area contributed by atoms with Gasteiger partial charge in [-0.3, -0.25) is 4.79 Å². The van der Waals surface area contributed by atoms with Gasteiger partial charge in [0.1, 0.15) is 6.54 Å². The van der Waals surface area contributed by atoms with Gasteiger partial charge in [-0.05, 0) is 44.0 Å². The largest absolute Gasteiger partial charge is 0.466 e. The second-order valence-corrected chi connectivity index (χ2v) is 9.63. The summed E-state index contributed by atoms with van der Waals surface area (Å²) in [4.78, 5) is 36.8. The number of piperidine rings is 1. The standard InChI is InChI=1S/C27H24F3N7O4/c1-2-40-25(38)16-10-12-35(13-11-16)23-24-33-36(26(39)37(24)20-9-4-3-8-19(20)31-23)15-21-32-22(34-41-21)17-6-5-7-18(14-17)27(28,29)30/h3-9,14,16H,2,10-13,15H2,1H3. The lowest BCUT2D eigenvalue weighted by atomic mass is 9.97. The highest BCUT2D eigenvalue weighted by atomic mass is 19.4. The summed E-state index contributed by atoms with van der Waals surface area (Å²) in [5.74, 6) is 0.0357. The number of hydrogen-bond donors (Lipinski definition) is 0. The van der Waals surface area contributed by atoms with Gasteiger partial charge in [0.2, 0.25) is 17.4 Å². The summed E-state index contributed by atoms with van der Waals surface area (Å²) < 4.78 is 52.5. The number of alkyl halides is 3. The van der Waals surface area contributed by atoms with Crippen molar-refractivity contribution in [1.29, 1.82) is 0 Å². The SMILES string of the molecule is CCOC(=O)C1CCN(c2nc3ccccc3n3c(=O)n(Cc4nc(-c5cccc(C(F)(F)F)c5)no4)nc23)CC1. The van der Waals surface area contributed by atoms with Gasteiger partial charge in [0.15, 0.2) is 5.82 Å². The molecule has 0 saturated carbocycles. The number of esters is 1. The van der Waals surface area contributed by atoms with Crippen LogP contribution in [-0.4, -0.2) is 55.0 Å². The first-order valence-electron chi connectivity index (χ1n) is 13.0. The van der Waals surface area contributed by atoms with E-state index in [1.54, 1.807) is 25.1 Å². The molecule has 0 amide bonds. The lowest BCUT2D eigenvalue weighted by molar-refractivity contribution is -0.148. The molecule has 4 heterocycles. The second-order valence-electron chi connectivity index (χ2n) is 9.63. The summed E-state index contributed by atoms with van der Waals surface area (Å²) in [6.45, 7) is 2.95. The van der Waals surface area contributed by atoms with Crippen molar-refractivity contribution in [1.82, 2.24) is 29.3 Å². The summed E-state index contributed by atoms with van der Waals surface area (Å²) in [6.07, 6.45) is -3.37. The molecule has 0 radical (unpaired) electrons. The second kappa shape index (κ2) is 10.3. The number of nitrogens with zero attached hydrogens (tertiary/aromatic N) is 7. The van der Waals surface area contributed by atoms with Crippen LogP contribution in [0.2, 0.25) is 0 Å². The first-order chi connectivity index (χ1) is 19.7. The molecular weight excluding hydrogens is 543 g/mol. The molecule has 212 valence electrons. The molecule has 0 atom stereocenters. The van der Waals surface area contributed by atoms with Crippen LogP contribution >= 0.6 is 0 Å². The van der Waals surface area contributed by atoms with Crippen LogP contribution in [0.5, 0.6) is 0 Å². The Hall–Kier alpha value is -4.75. The average Bonchev–Trinajstić information content (AvgIpc) is 3.57. The van der Waals surface area contributed by atoms with E-state index in [4.69, 9.17) is 14.2 Å². The van der Waals surface area contributed by atoms with E-state index in [0.29, 0.717) is 55.0 Å². The minimum absolute atomic E-state index is 0.00279. The number of aromatic nitrogens is 6. The normalized spacial score (nSPS) is 14.7. The van der Waals surface area contributed by atoms with Crippen LogP contribution in [0, 0.1) is 5.92 Å². The van der Waals surface area contributed by atoms with Crippen molar-refractivity contribution in [3.8, 4) is 11.4 Å². The molecule has 1 aliphatic rings. The third-order valence-corrected chi connectivity index (χ3v) is 7.00. The Balaban J connectivity index is 1.34. The molecular formula is C27H24F3N7O4. The van der Waals surface area contributed by atoms with E-state index >= 15 is 0 Å². The maximum Gasteiger partial charge on any atom is 0.416 e. The number of para-hydroxylation sites is 2. The molecule has 0 N–H and O–H groups in total. The van der Waals surface area contributed by atoms with Crippen LogP contribution in [0.4, 0.5) is 19.0 Å². The van der Waals surface area contributed by atoms with Crippen LogP contribution in [0.15, 0.2) is 57.8 Å². The van der Waals surface area contributed by atoms with Crippen LogP contribution in [0.3, 0.4) is 0 Å². The van der Waals surface area contributed by atoms with E-state index in [-0.39, 0.29) is 35.7 Å². The van der Waals surface area contributed by atoms with Gasteiger partial charge < -0.3 is 14.2 Å². The van der Waals surface area contributed by atoms with E-state index in [1.807, 2.05) is 11.0 Å². The van der Waals surface area contributed by atoms with Gasteiger partial charge >= 0.3 is 17.8 Å². The van der Waals surface area contributed by atoms with Gasteiger partial charge in [-0.2, -0.15) is 18.2 Å². The number of fused-ring (bicyclic) bond motifs is 3. The highest BCUT2D eigenvalue weighted by Gasteiger charge is 2.31. The Morgan fingerprint density at radius 3 is 2.63 bits per heavy atom. The molecule has 41 heavy (non-hydrogen) atoms. The molecule has 14 heteroatoms. The maximum absolute atomic E-state index is 13.6. The smallest absolute Gasteiger partial charge is 0.416 e. The number of rotatable bonds is 6. The molecule has 5 aromatic rings. The van der Waals surface area contributed by atoms with E-state index in [2.05, 4.69) is 15.2 Å². The quantitative estimate of drug-likeness (QED) is 0.281. The number of anilines is 1. The minimum atomic E-state index is -4.52. The molecule has 11 nitrogen and oxygen atoms in total. The number of benzene rings is 2. The predicted molar refractivity (Wildman–Crippen MR) is 140 cm³/mol. The van der Waals surface area contributed by atoms with E-state index in [9.17, 15) is 22.8 Å². The zero-order chi connectivity index (χ0) is 28.7. The van der Waals surface area contributed by atoms with Crippen molar-refractivity contribution >= 4 is 28.5 Å². The molecule has 0 spiro atoms. The Bertz CT molecular complexity index is 1800. The third kappa shape index (κ3) is 5.00. The first-order valence-corrected chi connectivity index (χ1v) is 13.0. The minimum Gasteiger partial charge on any atom is -0.466 e. The van der Waals surface area contributed by atoms with Crippen molar-refractivity contribution in [3.63, 3.8) is 0 Å². The fourth-order valence-electron chi connectivity index (χ4n) is 4.98. The average molecular weight is 568 g/mol. The lowest BCUT2D eigenvalue weighted by Gasteiger charge is -2.31. The van der Waals surface area contributed by atoms with Crippen molar-refractivity contribution < 1.29 is 27.2 Å². The fraction of sp³-hybridized carbons (Fsp3) is 0.333. The Labute approximate surface area is 230 Å². The highest BCUT2D eigenvalue weighted by Crippen LogP contribution is 2.32. The number of carbonyl (C=O) groups is 1. The van der Waals surface area contributed by atoms with Gasteiger partial charge in [0, 0.05) is 18.7 Å². The summed E-state index contributed by atoms with van der Waals surface area (Å²) in [6, 6.07) is 11.8. The Morgan fingerprint density at radius 1 is 1.10 bits per heavy atom. The third-order valence-electron chi connectivity index (χ3n) is 7.00. The number of hydrogen-bond acceptors (Lipinski definition) is 9. The zero-order valence-electron chi connectivity index (χ0n) is 21.8. The molecule has 3 aromatic heterocycles. The Kier molecular flexibility index (Phi) is 6.67. The molecule has 0 unspecified atom stereocenters. The van der Waals surface area contributed by atoms with Crippen LogP contribution in [0.1, 0.15) is 31.2 Å². The predicted octanol–water partition coefficient (Wildman–Crippen LogP) is 3.94. The summed E-state index contributed by atoms with van der Waals surface area (Å²) in [5, 5.41) is 8.34. The van der Waals surface area contributed by atoms with Crippen molar-refractivity contribution in [2.45, 2.75) is 32.5 Å². The summed E-state index contributed by atoms with van der Waals surface area (Å²) in [7, 11) is 0. The maximum atomic E-state index is 13.6. The lowest BCUT2D eigenvalue weighted by Crippen LogP contribution is -2.37. The molecule has 6 rings (SSSR count). The molecule has 0 aliphatic carbocycles. The summed E-state index contributed by atoms with van der Waals surface area (Å²) >= 11 is 0. The molecule has 1 saturated heterocycles. The highest BCUT2D eigenvalue weighted by molar-refractivity contribution is 5.83. The number of halogens is 3. The summed E-state index contributed by atoms with van der Waals surface area (Å²) in [5.41, 5.74) is 0.283. The van der Waals surface area contributed by atoms with Gasteiger partial charge in [-0.15, -0.1) is 5.10 Å². The van der Waals surface area contributed by atoms with Gasteiger partial charge in [-0.1, -0.05) is 29.4 Å². The van der Waals surface area contributed by atoms with E-state index in [0.717, 1.165) is 16.8 Å². The van der Waals surface area contributed by atoms with E-state index < -0.39 is 17.4 Å². The molecule has 0 bridgehead atoms. The van der Waals surface area contributed by atoms with Crippen LogP contribution in [-0.2, 0) is 22.3 Å². The first kappa shape index (κ1) is 26.5. The topological polar surface area (TPSA) is 121 Å². The Morgan fingerprint density at radius 2 is 1.88 bits per heavy atom. The fourth-order valence-corrected chi connectivity index (χ4v) is 4.98. The van der Waals surface area contributed by atoms with E-state index in [1.165, 1.54) is 16.5 Å². The van der Waals surface area contributed by atoms with Gasteiger partial charge in [-0.25, -0.2) is 18.9 Å². The van der Waals surface area contributed by atoms with Crippen molar-refractivity contribution in [3.05, 3.63) is 70.5 Å². The number of ether oxygens (including phenoxy) is 1. The monoisotopic (exact) mass is 567 g/mol. The molecule has 1 fully saturated rings. The zero-order valence-corrected chi connectivity index (χ0v) is 21.8. The van der Waals surface area contributed by atoms with Crippen molar-refractivity contribution in [2.75, 3.05) is 24.6 Å². The van der Waals surface area contributed by atoms with Crippen LogP contribution in [0.25, 0.3) is 28.1 Å². The number of carbonyl (C=O) groups excluding carboxylic acids is 1.